The van der Waals surface area contributed by atoms with Crippen molar-refractivity contribution in [3.63, 3.8) is 0 Å². The van der Waals surface area contributed by atoms with Crippen LogP contribution >= 0.6 is 11.8 Å². The van der Waals surface area contributed by atoms with Crippen LogP contribution in [-0.4, -0.2) is 32.7 Å². The summed E-state index contributed by atoms with van der Waals surface area (Å²) in [6.45, 7) is 1.92. The van der Waals surface area contributed by atoms with Crippen molar-refractivity contribution >= 4 is 29.3 Å². The van der Waals surface area contributed by atoms with Gasteiger partial charge in [-0.15, -0.1) is 0 Å². The minimum absolute atomic E-state index is 0.149. The molecule has 138 valence electrons. The average Bonchev–Trinajstić information content (AvgIpc) is 3.21. The Kier molecular flexibility index (Phi) is 6.22. The molecule has 0 radical (unpaired) electrons. The van der Waals surface area contributed by atoms with Crippen LogP contribution in [0.5, 0.6) is 0 Å². The Bertz CT molecular complexity index is 899. The number of carbonyl (C=O) groups excluding carboxylic acids is 2. The minimum Gasteiger partial charge on any atom is -0.345 e. The number of amides is 2. The van der Waals surface area contributed by atoms with Crippen LogP contribution in [0.15, 0.2) is 66.1 Å². The van der Waals surface area contributed by atoms with E-state index in [4.69, 9.17) is 0 Å². The van der Waals surface area contributed by atoms with Gasteiger partial charge in [-0.1, -0.05) is 54.2 Å². The number of H-pyrrole nitrogens is 1. The van der Waals surface area contributed by atoms with E-state index in [9.17, 15) is 9.59 Å². The molecule has 3 N–H and O–H groups in total. The summed E-state index contributed by atoms with van der Waals surface area (Å²) in [5.74, 6) is -0.316. The van der Waals surface area contributed by atoms with Gasteiger partial charge < -0.3 is 10.6 Å². The van der Waals surface area contributed by atoms with Crippen LogP contribution in [0.3, 0.4) is 0 Å². The second-order valence-electron chi connectivity index (χ2n) is 5.78. The van der Waals surface area contributed by atoms with E-state index >= 15 is 0 Å². The lowest BCUT2D eigenvalue weighted by atomic mass is 10.1. The number of anilines is 1. The molecule has 0 aliphatic carbocycles. The SMILES string of the molecule is C[C@H](NC(=O)c1ccccc1NC(=O)CSc1ncn[nH]1)c1ccccc1. The minimum atomic E-state index is -0.245. The molecule has 1 aromatic heterocycles. The summed E-state index contributed by atoms with van der Waals surface area (Å²) in [5.41, 5.74) is 1.90. The maximum absolute atomic E-state index is 12.7. The predicted molar refractivity (Wildman–Crippen MR) is 105 cm³/mol. The van der Waals surface area contributed by atoms with Gasteiger partial charge in [0.05, 0.1) is 23.0 Å². The molecular formula is C19H19N5O2S. The quantitative estimate of drug-likeness (QED) is 0.546. The van der Waals surface area contributed by atoms with Gasteiger partial charge in [-0.2, -0.15) is 5.10 Å². The Morgan fingerprint density at radius 2 is 1.85 bits per heavy atom. The van der Waals surface area contributed by atoms with Crippen molar-refractivity contribution in [2.75, 3.05) is 11.1 Å². The first-order valence-electron chi connectivity index (χ1n) is 8.36. The molecule has 3 rings (SSSR count). The van der Waals surface area contributed by atoms with E-state index < -0.39 is 0 Å². The fourth-order valence-electron chi connectivity index (χ4n) is 2.47. The number of aromatic amines is 1. The lowest BCUT2D eigenvalue weighted by Gasteiger charge is -2.16. The Balaban J connectivity index is 1.64. The zero-order chi connectivity index (χ0) is 19.1. The van der Waals surface area contributed by atoms with Gasteiger partial charge in [0.2, 0.25) is 5.91 Å². The zero-order valence-corrected chi connectivity index (χ0v) is 15.5. The van der Waals surface area contributed by atoms with Crippen LogP contribution in [0.25, 0.3) is 0 Å². The molecule has 0 unspecified atom stereocenters. The molecule has 0 aliphatic heterocycles. The Morgan fingerprint density at radius 1 is 1.11 bits per heavy atom. The number of carbonyl (C=O) groups is 2. The second kappa shape index (κ2) is 9.00. The smallest absolute Gasteiger partial charge is 0.253 e. The summed E-state index contributed by atoms with van der Waals surface area (Å²) < 4.78 is 0. The number of hydrogen-bond acceptors (Lipinski definition) is 5. The fourth-order valence-corrected chi connectivity index (χ4v) is 3.05. The van der Waals surface area contributed by atoms with Crippen molar-refractivity contribution < 1.29 is 9.59 Å². The van der Waals surface area contributed by atoms with Gasteiger partial charge in [-0.05, 0) is 24.6 Å². The summed E-state index contributed by atoms with van der Waals surface area (Å²) in [6, 6.07) is 16.5. The van der Waals surface area contributed by atoms with E-state index in [0.29, 0.717) is 16.4 Å². The van der Waals surface area contributed by atoms with Crippen LogP contribution in [-0.2, 0) is 4.79 Å². The van der Waals surface area contributed by atoms with Crippen molar-refractivity contribution in [1.29, 1.82) is 0 Å². The van der Waals surface area contributed by atoms with E-state index in [1.807, 2.05) is 37.3 Å². The van der Waals surface area contributed by atoms with E-state index in [0.717, 1.165) is 5.56 Å². The number of para-hydroxylation sites is 1. The molecule has 27 heavy (non-hydrogen) atoms. The van der Waals surface area contributed by atoms with Gasteiger partial charge in [0.1, 0.15) is 6.33 Å². The van der Waals surface area contributed by atoms with Crippen LogP contribution < -0.4 is 10.6 Å². The van der Waals surface area contributed by atoms with E-state index in [-0.39, 0.29) is 23.6 Å². The van der Waals surface area contributed by atoms with Gasteiger partial charge in [0.25, 0.3) is 5.91 Å². The molecule has 1 heterocycles. The molecule has 0 saturated heterocycles. The van der Waals surface area contributed by atoms with Gasteiger partial charge in [0, 0.05) is 0 Å². The predicted octanol–water partition coefficient (Wildman–Crippen LogP) is 3.03. The van der Waals surface area contributed by atoms with Crippen LogP contribution in [0.4, 0.5) is 5.69 Å². The van der Waals surface area contributed by atoms with Crippen LogP contribution in [0, 0.1) is 0 Å². The Hall–Kier alpha value is -3.13. The highest BCUT2D eigenvalue weighted by Gasteiger charge is 2.16. The van der Waals surface area contributed by atoms with E-state index in [1.165, 1.54) is 18.1 Å². The number of aromatic nitrogens is 3. The number of hydrogen-bond donors (Lipinski definition) is 3. The third-order valence-electron chi connectivity index (χ3n) is 3.83. The highest BCUT2D eigenvalue weighted by Crippen LogP contribution is 2.19. The molecule has 2 amide bonds. The molecule has 3 aromatic rings. The van der Waals surface area contributed by atoms with E-state index in [1.54, 1.807) is 24.3 Å². The number of nitrogens with zero attached hydrogens (tertiary/aromatic N) is 2. The largest absolute Gasteiger partial charge is 0.345 e. The summed E-state index contributed by atoms with van der Waals surface area (Å²) in [7, 11) is 0. The highest BCUT2D eigenvalue weighted by atomic mass is 32.2. The summed E-state index contributed by atoms with van der Waals surface area (Å²) in [4.78, 5) is 28.8. The van der Waals surface area contributed by atoms with Gasteiger partial charge in [-0.25, -0.2) is 4.98 Å². The number of rotatable bonds is 7. The topological polar surface area (TPSA) is 99.8 Å². The molecule has 0 aliphatic rings. The maximum Gasteiger partial charge on any atom is 0.253 e. The van der Waals surface area contributed by atoms with Crippen molar-refractivity contribution in [3.8, 4) is 0 Å². The second-order valence-corrected chi connectivity index (χ2v) is 6.74. The maximum atomic E-state index is 12.7. The Morgan fingerprint density at radius 3 is 2.59 bits per heavy atom. The summed E-state index contributed by atoms with van der Waals surface area (Å²) >= 11 is 1.23. The molecular weight excluding hydrogens is 362 g/mol. The van der Waals surface area contributed by atoms with Gasteiger partial charge in [0.15, 0.2) is 5.16 Å². The molecule has 8 heteroatoms. The third kappa shape index (κ3) is 5.18. The van der Waals surface area contributed by atoms with Crippen LogP contribution in [0.1, 0.15) is 28.9 Å². The van der Waals surface area contributed by atoms with Crippen molar-refractivity contribution in [2.45, 2.75) is 18.1 Å². The van der Waals surface area contributed by atoms with Crippen molar-refractivity contribution in [3.05, 3.63) is 72.1 Å². The molecule has 2 aromatic carbocycles. The number of benzene rings is 2. The average molecular weight is 381 g/mol. The molecule has 0 spiro atoms. The monoisotopic (exact) mass is 381 g/mol. The summed E-state index contributed by atoms with van der Waals surface area (Å²) in [6.07, 6.45) is 1.38. The van der Waals surface area contributed by atoms with Crippen LogP contribution in [0.2, 0.25) is 0 Å². The molecule has 0 saturated carbocycles. The first-order valence-corrected chi connectivity index (χ1v) is 9.35. The first kappa shape index (κ1) is 18.7. The number of nitrogens with one attached hydrogen (secondary N) is 3. The van der Waals surface area contributed by atoms with E-state index in [2.05, 4.69) is 25.8 Å². The Labute approximate surface area is 161 Å². The third-order valence-corrected chi connectivity index (χ3v) is 4.70. The first-order chi connectivity index (χ1) is 13.1. The fraction of sp³-hybridized carbons (Fsp3) is 0.158. The summed E-state index contributed by atoms with van der Waals surface area (Å²) in [5, 5.41) is 12.7. The molecule has 1 atom stereocenters. The lowest BCUT2D eigenvalue weighted by molar-refractivity contribution is -0.113. The lowest BCUT2D eigenvalue weighted by Crippen LogP contribution is -2.28. The normalized spacial score (nSPS) is 11.6. The highest BCUT2D eigenvalue weighted by molar-refractivity contribution is 7.99. The number of thioether (sulfide) groups is 1. The molecule has 7 nitrogen and oxygen atoms in total. The standard InChI is InChI=1S/C19H19N5O2S/c1-13(14-7-3-2-4-8-14)22-18(26)15-9-5-6-10-16(15)23-17(25)11-27-19-20-12-21-24-19/h2-10,12-13H,11H2,1H3,(H,22,26)(H,23,25)(H,20,21,24)/t13-/m0/s1. The van der Waals surface area contributed by atoms with Crippen molar-refractivity contribution in [1.82, 2.24) is 20.5 Å². The van der Waals surface area contributed by atoms with Gasteiger partial charge in [-0.3, -0.25) is 14.7 Å². The molecule has 0 bridgehead atoms. The van der Waals surface area contributed by atoms with Crippen molar-refractivity contribution in [2.24, 2.45) is 0 Å². The zero-order valence-electron chi connectivity index (χ0n) is 14.7. The van der Waals surface area contributed by atoms with Gasteiger partial charge >= 0.3 is 0 Å². The molecule has 0 fully saturated rings.